The summed E-state index contributed by atoms with van der Waals surface area (Å²) < 4.78 is 14.3. The Morgan fingerprint density at radius 3 is 2.61 bits per heavy atom. The average Bonchev–Trinajstić information content (AvgIpc) is 3.09. The van der Waals surface area contributed by atoms with Crippen molar-refractivity contribution in [3.05, 3.63) is 62.1 Å². The number of nitrogens with zero attached hydrogens (tertiary/aromatic N) is 3. The minimum Gasteiger partial charge on any atom is -0.492 e. The van der Waals surface area contributed by atoms with Crippen molar-refractivity contribution in [3.8, 4) is 5.88 Å². The van der Waals surface area contributed by atoms with Crippen LogP contribution in [0.15, 0.2) is 29.1 Å². The van der Waals surface area contributed by atoms with Crippen LogP contribution >= 0.6 is 11.3 Å². The Morgan fingerprint density at radius 2 is 1.94 bits per heavy atom. The second kappa shape index (κ2) is 7.80. The minimum absolute atomic E-state index is 0.151. The van der Waals surface area contributed by atoms with E-state index in [0.717, 1.165) is 11.3 Å². The maximum absolute atomic E-state index is 13.1. The summed E-state index contributed by atoms with van der Waals surface area (Å²) in [5, 5.41) is 20.8. The van der Waals surface area contributed by atoms with Gasteiger partial charge < -0.3 is 20.4 Å². The van der Waals surface area contributed by atoms with Gasteiger partial charge in [-0.25, -0.2) is 4.39 Å². The highest BCUT2D eigenvalue weighted by Crippen LogP contribution is 2.29. The number of thiazole rings is 1. The summed E-state index contributed by atoms with van der Waals surface area (Å²) >= 11 is 1.10. The molecule has 160 valence electrons. The number of aromatic nitrogens is 2. The van der Waals surface area contributed by atoms with Crippen LogP contribution in [-0.4, -0.2) is 55.4 Å². The highest BCUT2D eigenvalue weighted by molar-refractivity contribution is 7.17. The number of benzene rings is 1. The van der Waals surface area contributed by atoms with Crippen LogP contribution in [-0.2, 0) is 17.8 Å². The van der Waals surface area contributed by atoms with E-state index < -0.39 is 41.2 Å². The molecule has 2 aromatic heterocycles. The predicted octanol–water partition coefficient (Wildman–Crippen LogP) is 0.614. The minimum atomic E-state index is -1.30. The molecule has 0 saturated heterocycles. The van der Waals surface area contributed by atoms with E-state index in [-0.39, 0.29) is 24.0 Å². The Bertz CT molecular complexity index is 1280. The number of carboxylic acids is 1. The van der Waals surface area contributed by atoms with Crippen LogP contribution < -0.4 is 10.9 Å². The summed E-state index contributed by atoms with van der Waals surface area (Å²) in [6.07, 6.45) is 0.296. The predicted molar refractivity (Wildman–Crippen MR) is 106 cm³/mol. The largest absolute Gasteiger partial charge is 0.492 e. The fourth-order valence-corrected chi connectivity index (χ4v) is 4.52. The monoisotopic (exact) mass is 446 g/mol. The lowest BCUT2D eigenvalue weighted by atomic mass is 10.1. The molecule has 0 bridgehead atoms. The highest BCUT2D eigenvalue weighted by atomic mass is 32.1. The lowest BCUT2D eigenvalue weighted by Gasteiger charge is -2.26. The van der Waals surface area contributed by atoms with Crippen molar-refractivity contribution in [2.45, 2.75) is 13.0 Å². The maximum atomic E-state index is 13.1. The van der Waals surface area contributed by atoms with E-state index in [1.807, 2.05) is 5.32 Å². The van der Waals surface area contributed by atoms with E-state index in [4.69, 9.17) is 5.11 Å². The third-order valence-corrected chi connectivity index (χ3v) is 5.87. The number of rotatable bonds is 4. The molecule has 12 heteroatoms. The lowest BCUT2D eigenvalue weighted by Crippen LogP contribution is -2.37. The Morgan fingerprint density at radius 1 is 1.23 bits per heavy atom. The Kier molecular flexibility index (Phi) is 5.15. The van der Waals surface area contributed by atoms with E-state index in [9.17, 15) is 28.7 Å². The Hall–Kier alpha value is -3.80. The van der Waals surface area contributed by atoms with Crippen LogP contribution in [0.5, 0.6) is 5.88 Å². The molecule has 0 fully saturated rings. The van der Waals surface area contributed by atoms with Crippen molar-refractivity contribution in [3.63, 3.8) is 0 Å². The quantitative estimate of drug-likeness (QED) is 0.533. The van der Waals surface area contributed by atoms with Crippen LogP contribution in [0.4, 0.5) is 4.39 Å². The normalized spacial score (nSPS) is 13.1. The molecule has 1 aromatic carbocycles. The molecule has 0 aliphatic carbocycles. The number of hydrogen-bond donors (Lipinski definition) is 3. The molecule has 4 rings (SSSR count). The first-order chi connectivity index (χ1) is 14.8. The summed E-state index contributed by atoms with van der Waals surface area (Å²) in [4.78, 5) is 54.7. The number of fused-ring (bicyclic) bond motifs is 3. The van der Waals surface area contributed by atoms with Gasteiger partial charge in [-0.2, -0.15) is 4.98 Å². The van der Waals surface area contributed by atoms with Crippen LogP contribution in [0, 0.1) is 5.82 Å². The first kappa shape index (κ1) is 20.5. The number of amides is 2. The first-order valence-electron chi connectivity index (χ1n) is 9.07. The zero-order valence-electron chi connectivity index (χ0n) is 15.8. The Labute approximate surface area is 177 Å². The summed E-state index contributed by atoms with van der Waals surface area (Å²) in [6.45, 7) is -0.258. The van der Waals surface area contributed by atoms with Gasteiger partial charge >= 0.3 is 5.97 Å². The summed E-state index contributed by atoms with van der Waals surface area (Å²) in [5.74, 6) is -3.89. The van der Waals surface area contributed by atoms with E-state index in [2.05, 4.69) is 4.98 Å². The molecular formula is C19H15FN4O6S. The average molecular weight is 446 g/mol. The first-order valence-corrected chi connectivity index (χ1v) is 9.89. The van der Waals surface area contributed by atoms with Crippen molar-refractivity contribution in [2.24, 2.45) is 0 Å². The number of carbonyl (C=O) groups excluding carboxylic acids is 2. The van der Waals surface area contributed by atoms with Gasteiger partial charge in [0.05, 0.1) is 6.54 Å². The second-order valence-electron chi connectivity index (χ2n) is 6.77. The molecule has 3 aromatic rings. The summed E-state index contributed by atoms with van der Waals surface area (Å²) in [6, 6.07) is 5.19. The Balaban J connectivity index is 1.67. The van der Waals surface area contributed by atoms with Crippen LogP contribution in [0.1, 0.15) is 31.3 Å². The van der Waals surface area contributed by atoms with Gasteiger partial charge in [-0.1, -0.05) is 11.3 Å². The molecule has 0 spiro atoms. The van der Waals surface area contributed by atoms with Crippen molar-refractivity contribution >= 4 is 34.1 Å². The molecule has 3 heterocycles. The molecule has 2 amide bonds. The number of carboxylic acid groups (broad SMARTS) is 1. The van der Waals surface area contributed by atoms with Gasteiger partial charge in [0.1, 0.15) is 12.4 Å². The molecular weight excluding hydrogens is 431 g/mol. The highest BCUT2D eigenvalue weighted by Gasteiger charge is 2.29. The number of halogens is 1. The van der Waals surface area contributed by atoms with E-state index in [1.165, 1.54) is 28.7 Å². The topological polar surface area (TPSA) is 141 Å². The third-order valence-electron chi connectivity index (χ3n) is 4.80. The van der Waals surface area contributed by atoms with Crippen molar-refractivity contribution < 1.29 is 29.0 Å². The van der Waals surface area contributed by atoms with Crippen molar-refractivity contribution in [1.82, 2.24) is 19.6 Å². The van der Waals surface area contributed by atoms with Gasteiger partial charge in [-0.3, -0.25) is 23.6 Å². The van der Waals surface area contributed by atoms with Crippen molar-refractivity contribution in [1.29, 1.82) is 0 Å². The van der Waals surface area contributed by atoms with Gasteiger partial charge in [-0.15, -0.1) is 0 Å². The third kappa shape index (κ3) is 3.72. The van der Waals surface area contributed by atoms with Gasteiger partial charge in [0.15, 0.2) is 5.56 Å². The van der Waals surface area contributed by atoms with E-state index in [0.29, 0.717) is 22.6 Å². The van der Waals surface area contributed by atoms with Crippen LogP contribution in [0.2, 0.25) is 0 Å². The number of aromatic hydroxyl groups is 1. The molecule has 0 atom stereocenters. The van der Waals surface area contributed by atoms with Gasteiger partial charge in [0.25, 0.3) is 17.4 Å². The standard InChI is InChI=1S/C19H15FN4O6S/c20-10-3-1-9(2-4-10)17(29)23-6-5-11-12(8-23)31-19-22-16(28)14(18(30)24(11)19)15(27)21-7-13(25)26/h1-4,28H,5-8H2,(H,21,27)(H,25,26). The lowest BCUT2D eigenvalue weighted by molar-refractivity contribution is -0.135. The molecule has 0 saturated carbocycles. The SMILES string of the molecule is O=C(O)CNC(=O)c1c(O)nc2sc3c(n2c1=O)CCN(C(=O)c1ccc(F)cc1)C3. The summed E-state index contributed by atoms with van der Waals surface area (Å²) in [7, 11) is 0. The second-order valence-corrected chi connectivity index (χ2v) is 7.83. The van der Waals surface area contributed by atoms with Crippen molar-refractivity contribution in [2.75, 3.05) is 13.1 Å². The van der Waals surface area contributed by atoms with Crippen LogP contribution in [0.3, 0.4) is 0 Å². The zero-order chi connectivity index (χ0) is 22.3. The van der Waals surface area contributed by atoms with Gasteiger partial charge in [-0.05, 0) is 24.3 Å². The smallest absolute Gasteiger partial charge is 0.322 e. The van der Waals surface area contributed by atoms with E-state index in [1.54, 1.807) is 4.90 Å². The van der Waals surface area contributed by atoms with Crippen LogP contribution in [0.25, 0.3) is 4.96 Å². The number of hydrogen-bond acceptors (Lipinski definition) is 7. The number of aliphatic carboxylic acids is 1. The molecule has 0 radical (unpaired) electrons. The molecule has 10 nitrogen and oxygen atoms in total. The number of nitrogens with one attached hydrogen (secondary N) is 1. The molecule has 0 unspecified atom stereocenters. The van der Waals surface area contributed by atoms with Gasteiger partial charge in [0.2, 0.25) is 10.8 Å². The van der Waals surface area contributed by atoms with E-state index >= 15 is 0 Å². The maximum Gasteiger partial charge on any atom is 0.322 e. The van der Waals surface area contributed by atoms with Gasteiger partial charge in [0, 0.05) is 29.1 Å². The zero-order valence-corrected chi connectivity index (χ0v) is 16.6. The fraction of sp³-hybridized carbons (Fsp3) is 0.211. The molecule has 1 aliphatic heterocycles. The molecule has 3 N–H and O–H groups in total. The molecule has 1 aliphatic rings. The molecule has 31 heavy (non-hydrogen) atoms. The fourth-order valence-electron chi connectivity index (χ4n) is 3.35. The number of carbonyl (C=O) groups is 3. The summed E-state index contributed by atoms with van der Waals surface area (Å²) in [5.41, 5.74) is -0.574.